The number of hydrogen-bond donors (Lipinski definition) is 0. The topological polar surface area (TPSA) is 40.6 Å². The lowest BCUT2D eigenvalue weighted by Gasteiger charge is -2.44. The van der Waals surface area contributed by atoms with E-state index in [1.807, 2.05) is 35.2 Å². The number of likely N-dealkylation sites (tertiary alicyclic amines) is 1. The number of rotatable bonds is 2. The van der Waals surface area contributed by atoms with Crippen molar-refractivity contribution in [2.45, 2.75) is 57.5 Å². The van der Waals surface area contributed by atoms with E-state index < -0.39 is 0 Å². The molecule has 2 aromatic carbocycles. The lowest BCUT2D eigenvalue weighted by atomic mass is 9.78. The van der Waals surface area contributed by atoms with Gasteiger partial charge in [0.25, 0.3) is 11.8 Å². The third-order valence-electron chi connectivity index (χ3n) is 7.30. The highest BCUT2D eigenvalue weighted by atomic mass is 16.2. The second kappa shape index (κ2) is 8.25. The second-order valence-corrected chi connectivity index (χ2v) is 9.08. The number of nitrogens with zero attached hydrogens (tertiary/aromatic N) is 2. The van der Waals surface area contributed by atoms with Crippen molar-refractivity contribution < 1.29 is 9.59 Å². The molecule has 2 aliphatic heterocycles. The Morgan fingerprint density at radius 2 is 1.40 bits per heavy atom. The van der Waals surface area contributed by atoms with Crippen LogP contribution in [0.1, 0.15) is 70.4 Å². The quantitative estimate of drug-likeness (QED) is 0.732. The highest BCUT2D eigenvalue weighted by molar-refractivity contribution is 5.98. The minimum atomic E-state index is 0.0498. The summed E-state index contributed by atoms with van der Waals surface area (Å²) in [6.45, 7) is 2.27. The Labute approximate surface area is 178 Å². The summed E-state index contributed by atoms with van der Waals surface area (Å²) in [5.74, 6) is 0.866. The summed E-state index contributed by atoms with van der Waals surface area (Å²) >= 11 is 0. The van der Waals surface area contributed by atoms with Crippen LogP contribution in [0.15, 0.2) is 48.5 Å². The highest BCUT2D eigenvalue weighted by Gasteiger charge is 2.36. The molecule has 156 valence electrons. The Hall–Kier alpha value is -2.62. The lowest BCUT2D eigenvalue weighted by molar-refractivity contribution is 0.0390. The fourth-order valence-corrected chi connectivity index (χ4v) is 5.65. The summed E-state index contributed by atoms with van der Waals surface area (Å²) in [7, 11) is 0. The van der Waals surface area contributed by atoms with Crippen LogP contribution in [0.2, 0.25) is 0 Å². The zero-order valence-electron chi connectivity index (χ0n) is 17.6. The second-order valence-electron chi connectivity index (χ2n) is 9.08. The van der Waals surface area contributed by atoms with E-state index >= 15 is 0 Å². The van der Waals surface area contributed by atoms with Gasteiger partial charge in [-0.05, 0) is 73.4 Å². The third-order valence-corrected chi connectivity index (χ3v) is 7.30. The van der Waals surface area contributed by atoms with E-state index in [1.54, 1.807) is 0 Å². The van der Waals surface area contributed by atoms with Crippen LogP contribution in [0.4, 0.5) is 0 Å². The van der Waals surface area contributed by atoms with Gasteiger partial charge in [0.05, 0.1) is 0 Å². The molecule has 2 amide bonds. The molecule has 0 unspecified atom stereocenters. The lowest BCUT2D eigenvalue weighted by Crippen LogP contribution is -2.49. The van der Waals surface area contributed by atoms with Crippen LogP contribution in [0.25, 0.3) is 0 Å². The predicted molar refractivity (Wildman–Crippen MR) is 117 cm³/mol. The molecule has 0 aromatic heterocycles. The van der Waals surface area contributed by atoms with Crippen molar-refractivity contribution in [3.05, 3.63) is 70.8 Å². The summed E-state index contributed by atoms with van der Waals surface area (Å²) in [6.07, 6.45) is 8.22. The van der Waals surface area contributed by atoms with Gasteiger partial charge in [-0.1, -0.05) is 37.1 Å². The number of carbonyl (C=O) groups is 2. The molecule has 0 bridgehead atoms. The number of amides is 2. The molecule has 1 saturated heterocycles. The molecule has 4 nitrogen and oxygen atoms in total. The van der Waals surface area contributed by atoms with Crippen LogP contribution in [-0.2, 0) is 13.0 Å². The number of benzene rings is 2. The van der Waals surface area contributed by atoms with Gasteiger partial charge in [-0.25, -0.2) is 0 Å². The largest absolute Gasteiger partial charge is 0.335 e. The van der Waals surface area contributed by atoms with Gasteiger partial charge >= 0.3 is 0 Å². The van der Waals surface area contributed by atoms with Gasteiger partial charge in [-0.15, -0.1) is 0 Å². The van der Waals surface area contributed by atoms with Crippen molar-refractivity contribution >= 4 is 11.8 Å². The molecule has 4 heteroatoms. The van der Waals surface area contributed by atoms with Crippen LogP contribution >= 0.6 is 0 Å². The first-order valence-electron chi connectivity index (χ1n) is 11.5. The molecule has 2 heterocycles. The smallest absolute Gasteiger partial charge is 0.254 e. The zero-order chi connectivity index (χ0) is 20.5. The molecule has 2 fully saturated rings. The van der Waals surface area contributed by atoms with Crippen molar-refractivity contribution in [3.8, 4) is 0 Å². The summed E-state index contributed by atoms with van der Waals surface area (Å²) in [4.78, 5) is 30.2. The predicted octanol–water partition coefficient (Wildman–Crippen LogP) is 4.68. The summed E-state index contributed by atoms with van der Waals surface area (Å²) in [5, 5.41) is 0. The molecule has 1 aliphatic carbocycles. The monoisotopic (exact) mass is 402 g/mol. The average Bonchev–Trinajstić information content (AvgIpc) is 2.82. The van der Waals surface area contributed by atoms with Crippen molar-refractivity contribution in [1.29, 1.82) is 0 Å². The number of hydrogen-bond acceptors (Lipinski definition) is 2. The van der Waals surface area contributed by atoms with Gasteiger partial charge in [0, 0.05) is 36.8 Å². The van der Waals surface area contributed by atoms with E-state index in [1.165, 1.54) is 36.8 Å². The van der Waals surface area contributed by atoms with Gasteiger partial charge < -0.3 is 9.80 Å². The molecule has 30 heavy (non-hydrogen) atoms. The first-order valence-corrected chi connectivity index (χ1v) is 11.5. The van der Waals surface area contributed by atoms with Gasteiger partial charge in [-0.2, -0.15) is 0 Å². The van der Waals surface area contributed by atoms with Gasteiger partial charge in [0.2, 0.25) is 0 Å². The van der Waals surface area contributed by atoms with Gasteiger partial charge in [0.15, 0.2) is 0 Å². The van der Waals surface area contributed by atoms with Crippen LogP contribution in [0, 0.1) is 5.92 Å². The average molecular weight is 403 g/mol. The maximum absolute atomic E-state index is 13.2. The van der Waals surface area contributed by atoms with Crippen molar-refractivity contribution in [2.75, 3.05) is 13.1 Å². The standard InChI is InChI=1S/C26H30N2O2/c29-25(27-17-15-19-6-1-2-8-23(19)18-27)21-11-13-22(14-12-21)26(30)28-16-5-9-20-7-3-4-10-24(20)28/h1-2,6,8,11-14,20,24H,3-5,7,9-10,15-18H2/t20-,24-/m0/s1. The van der Waals surface area contributed by atoms with E-state index in [2.05, 4.69) is 23.1 Å². The van der Waals surface area contributed by atoms with Crippen LogP contribution in [0.5, 0.6) is 0 Å². The molecule has 0 spiro atoms. The first kappa shape index (κ1) is 19.3. The van der Waals surface area contributed by atoms with Crippen LogP contribution in [-0.4, -0.2) is 40.7 Å². The molecule has 5 rings (SSSR count). The van der Waals surface area contributed by atoms with E-state index in [4.69, 9.17) is 0 Å². The molecule has 2 atom stereocenters. The van der Waals surface area contributed by atoms with Crippen molar-refractivity contribution in [3.63, 3.8) is 0 Å². The summed E-state index contributed by atoms with van der Waals surface area (Å²) in [5.41, 5.74) is 3.95. The normalized spacial score (nSPS) is 23.5. The van der Waals surface area contributed by atoms with E-state index in [0.717, 1.165) is 32.4 Å². The molecule has 0 radical (unpaired) electrons. The molecule has 2 aromatic rings. The molecular formula is C26H30N2O2. The zero-order valence-corrected chi connectivity index (χ0v) is 17.6. The summed E-state index contributed by atoms with van der Waals surface area (Å²) in [6, 6.07) is 16.1. The fraction of sp³-hybridized carbons (Fsp3) is 0.462. The van der Waals surface area contributed by atoms with Crippen LogP contribution < -0.4 is 0 Å². The van der Waals surface area contributed by atoms with E-state index in [0.29, 0.717) is 29.6 Å². The van der Waals surface area contributed by atoms with Gasteiger partial charge in [-0.3, -0.25) is 9.59 Å². The van der Waals surface area contributed by atoms with E-state index in [9.17, 15) is 9.59 Å². The maximum Gasteiger partial charge on any atom is 0.254 e. The Morgan fingerprint density at radius 1 is 0.733 bits per heavy atom. The molecular weight excluding hydrogens is 372 g/mol. The number of piperidine rings is 1. The van der Waals surface area contributed by atoms with E-state index in [-0.39, 0.29) is 11.8 Å². The van der Waals surface area contributed by atoms with Gasteiger partial charge in [0.1, 0.15) is 0 Å². The molecule has 0 N–H and O–H groups in total. The maximum atomic E-state index is 13.2. The Bertz CT molecular complexity index is 934. The molecule has 3 aliphatic rings. The number of carbonyl (C=O) groups excluding carboxylic acids is 2. The Kier molecular flexibility index (Phi) is 5.32. The third kappa shape index (κ3) is 3.64. The Morgan fingerprint density at radius 3 is 2.20 bits per heavy atom. The number of fused-ring (bicyclic) bond motifs is 2. The van der Waals surface area contributed by atoms with Crippen molar-refractivity contribution in [1.82, 2.24) is 9.80 Å². The first-order chi connectivity index (χ1) is 14.7. The Balaban J connectivity index is 1.28. The fourth-order valence-electron chi connectivity index (χ4n) is 5.65. The highest BCUT2D eigenvalue weighted by Crippen LogP contribution is 2.36. The molecule has 1 saturated carbocycles. The minimum absolute atomic E-state index is 0.0498. The minimum Gasteiger partial charge on any atom is -0.335 e. The van der Waals surface area contributed by atoms with Crippen LogP contribution in [0.3, 0.4) is 0 Å². The SMILES string of the molecule is O=C(c1ccc(C(=O)N2CCC[C@@H]3CCCC[C@@H]32)cc1)N1CCc2ccccc2C1. The van der Waals surface area contributed by atoms with Crippen molar-refractivity contribution in [2.24, 2.45) is 5.92 Å². The summed E-state index contributed by atoms with van der Waals surface area (Å²) < 4.78 is 0.